The van der Waals surface area contributed by atoms with E-state index in [2.05, 4.69) is 15.9 Å². The quantitative estimate of drug-likeness (QED) is 0.377. The summed E-state index contributed by atoms with van der Waals surface area (Å²) in [6.45, 7) is 0.171. The maximum atomic E-state index is 13.0. The van der Waals surface area contributed by atoms with E-state index in [-0.39, 0.29) is 6.79 Å². The fraction of sp³-hybridized carbons (Fsp3) is 0.136. The summed E-state index contributed by atoms with van der Waals surface area (Å²) in [6.07, 6.45) is 1.87. The van der Waals surface area contributed by atoms with Crippen LogP contribution in [0.5, 0.6) is 11.5 Å². The minimum atomic E-state index is -0.425. The first-order chi connectivity index (χ1) is 15.4. The number of nitrogens with zero attached hydrogens (tertiary/aromatic N) is 5. The van der Waals surface area contributed by atoms with Gasteiger partial charge in [0.15, 0.2) is 22.7 Å². The molecular formula is C22H16BrN5O4. The molecule has 0 fully saturated rings. The van der Waals surface area contributed by atoms with Crippen LogP contribution in [0.2, 0.25) is 0 Å². The van der Waals surface area contributed by atoms with E-state index < -0.39 is 11.2 Å². The monoisotopic (exact) mass is 493 g/mol. The maximum absolute atomic E-state index is 13.0. The van der Waals surface area contributed by atoms with Crippen molar-refractivity contribution in [3.8, 4) is 28.4 Å². The molecule has 4 heterocycles. The number of aryl methyl sites for hydroxylation is 1. The van der Waals surface area contributed by atoms with Crippen molar-refractivity contribution in [1.82, 2.24) is 23.1 Å². The molecule has 0 N–H and O–H groups in total. The number of hydrogen-bond acceptors (Lipinski definition) is 5. The Kier molecular flexibility index (Phi) is 3.91. The Balaban J connectivity index is 1.75. The number of halogens is 1. The highest BCUT2D eigenvalue weighted by Crippen LogP contribution is 2.36. The third kappa shape index (κ3) is 2.53. The topological polar surface area (TPSA) is 84.7 Å². The van der Waals surface area contributed by atoms with Crippen LogP contribution in [0.4, 0.5) is 0 Å². The number of aromatic nitrogens is 5. The van der Waals surface area contributed by atoms with Crippen LogP contribution in [0.15, 0.2) is 62.7 Å². The molecule has 0 aliphatic carbocycles. The molecule has 0 saturated heterocycles. The third-order valence-electron chi connectivity index (χ3n) is 5.72. The number of imidazole rings is 2. The average Bonchev–Trinajstić information content (AvgIpc) is 3.49. The van der Waals surface area contributed by atoms with Gasteiger partial charge in [-0.25, -0.2) is 4.79 Å². The Hall–Kier alpha value is -3.79. The van der Waals surface area contributed by atoms with E-state index >= 15 is 0 Å². The second-order valence-corrected chi connectivity index (χ2v) is 8.47. The standard InChI is InChI=1S/C22H16BrN5O4/c1-25-19-18(20(29)26(2)22(25)30)27-10-15(12-3-5-13(23)6-4-12)28(21(27)24-19)14-7-8-16-17(9-14)32-11-31-16/h3-10H,11H2,1-2H3. The maximum Gasteiger partial charge on any atom is 0.332 e. The molecule has 0 saturated carbocycles. The number of hydrogen-bond donors (Lipinski definition) is 0. The Bertz CT molecular complexity index is 1670. The van der Waals surface area contributed by atoms with Gasteiger partial charge in [-0.15, -0.1) is 0 Å². The van der Waals surface area contributed by atoms with Crippen molar-refractivity contribution in [3.05, 3.63) is 74.0 Å². The average molecular weight is 494 g/mol. The van der Waals surface area contributed by atoms with Crippen molar-refractivity contribution in [2.24, 2.45) is 14.1 Å². The van der Waals surface area contributed by atoms with Gasteiger partial charge in [-0.2, -0.15) is 4.98 Å². The first-order valence-corrected chi connectivity index (χ1v) is 10.6. The fourth-order valence-corrected chi connectivity index (χ4v) is 4.34. The van der Waals surface area contributed by atoms with Crippen LogP contribution in [0.25, 0.3) is 33.9 Å². The van der Waals surface area contributed by atoms with E-state index in [1.165, 1.54) is 11.6 Å². The van der Waals surface area contributed by atoms with Gasteiger partial charge in [0.05, 0.1) is 11.4 Å². The summed E-state index contributed by atoms with van der Waals surface area (Å²) >= 11 is 3.48. The number of fused-ring (bicyclic) bond motifs is 4. The molecule has 1 aliphatic rings. The Morgan fingerprint density at radius 2 is 1.72 bits per heavy atom. The molecule has 5 aromatic rings. The Morgan fingerprint density at radius 3 is 2.50 bits per heavy atom. The minimum Gasteiger partial charge on any atom is -0.454 e. The first-order valence-electron chi connectivity index (χ1n) is 9.79. The first kappa shape index (κ1) is 18.9. The smallest absolute Gasteiger partial charge is 0.332 e. The molecular weight excluding hydrogens is 478 g/mol. The molecule has 0 radical (unpaired) electrons. The lowest BCUT2D eigenvalue weighted by Crippen LogP contribution is -2.37. The van der Waals surface area contributed by atoms with E-state index in [0.29, 0.717) is 28.4 Å². The van der Waals surface area contributed by atoms with Gasteiger partial charge in [-0.05, 0) is 24.3 Å². The molecule has 6 rings (SSSR count). The van der Waals surface area contributed by atoms with E-state index in [4.69, 9.17) is 14.5 Å². The summed E-state index contributed by atoms with van der Waals surface area (Å²) in [7, 11) is 3.07. The normalized spacial score (nSPS) is 12.8. The summed E-state index contributed by atoms with van der Waals surface area (Å²) in [5.41, 5.74) is 2.39. The molecule has 2 aromatic carbocycles. The highest BCUT2D eigenvalue weighted by atomic mass is 79.9. The minimum absolute atomic E-state index is 0.171. The predicted molar refractivity (Wildman–Crippen MR) is 122 cm³/mol. The molecule has 0 atom stereocenters. The van der Waals surface area contributed by atoms with Crippen LogP contribution >= 0.6 is 15.9 Å². The zero-order valence-electron chi connectivity index (χ0n) is 17.1. The molecule has 10 heteroatoms. The third-order valence-corrected chi connectivity index (χ3v) is 6.25. The molecule has 9 nitrogen and oxygen atoms in total. The van der Waals surface area contributed by atoms with E-state index in [1.807, 2.05) is 53.2 Å². The summed E-state index contributed by atoms with van der Waals surface area (Å²) < 4.78 is 18.1. The van der Waals surface area contributed by atoms with Gasteiger partial charge < -0.3 is 9.47 Å². The molecule has 0 unspecified atom stereocenters. The van der Waals surface area contributed by atoms with E-state index in [1.54, 1.807) is 11.4 Å². The largest absolute Gasteiger partial charge is 0.454 e. The molecule has 3 aromatic heterocycles. The molecule has 1 aliphatic heterocycles. The Morgan fingerprint density at radius 1 is 0.969 bits per heavy atom. The van der Waals surface area contributed by atoms with Crippen molar-refractivity contribution < 1.29 is 9.47 Å². The summed E-state index contributed by atoms with van der Waals surface area (Å²) in [4.78, 5) is 30.2. The fourth-order valence-electron chi connectivity index (χ4n) is 4.07. The second kappa shape index (κ2) is 6.60. The van der Waals surface area contributed by atoms with E-state index in [9.17, 15) is 9.59 Å². The van der Waals surface area contributed by atoms with Crippen molar-refractivity contribution in [1.29, 1.82) is 0 Å². The van der Waals surface area contributed by atoms with Gasteiger partial charge in [0.25, 0.3) is 5.56 Å². The summed E-state index contributed by atoms with van der Waals surface area (Å²) in [5, 5.41) is 0. The lowest BCUT2D eigenvalue weighted by Gasteiger charge is -2.10. The van der Waals surface area contributed by atoms with Crippen LogP contribution in [0.3, 0.4) is 0 Å². The highest BCUT2D eigenvalue weighted by molar-refractivity contribution is 9.10. The van der Waals surface area contributed by atoms with Crippen LogP contribution in [0.1, 0.15) is 0 Å². The van der Waals surface area contributed by atoms with Crippen LogP contribution in [-0.4, -0.2) is 29.9 Å². The van der Waals surface area contributed by atoms with Crippen LogP contribution < -0.4 is 20.7 Å². The van der Waals surface area contributed by atoms with Crippen molar-refractivity contribution in [3.63, 3.8) is 0 Å². The van der Waals surface area contributed by atoms with Gasteiger partial charge in [0.1, 0.15) is 0 Å². The van der Waals surface area contributed by atoms with Gasteiger partial charge >= 0.3 is 5.69 Å². The molecule has 0 amide bonds. The van der Waals surface area contributed by atoms with Gasteiger partial charge in [-0.1, -0.05) is 28.1 Å². The molecule has 32 heavy (non-hydrogen) atoms. The Labute approximate surface area is 188 Å². The van der Waals surface area contributed by atoms with Crippen LogP contribution in [0, 0.1) is 0 Å². The lowest BCUT2D eigenvalue weighted by atomic mass is 10.1. The van der Waals surface area contributed by atoms with Gasteiger partial charge in [-0.3, -0.25) is 22.9 Å². The van der Waals surface area contributed by atoms with E-state index in [0.717, 1.165) is 26.0 Å². The zero-order valence-corrected chi connectivity index (χ0v) is 18.7. The molecule has 0 bridgehead atoms. The number of ether oxygens (including phenoxy) is 2. The number of rotatable bonds is 2. The predicted octanol–water partition coefficient (Wildman–Crippen LogP) is 2.83. The molecule has 160 valence electrons. The zero-order chi connectivity index (χ0) is 22.1. The van der Waals surface area contributed by atoms with Crippen molar-refractivity contribution in [2.45, 2.75) is 0 Å². The molecule has 0 spiro atoms. The van der Waals surface area contributed by atoms with Crippen molar-refractivity contribution in [2.75, 3.05) is 6.79 Å². The number of benzene rings is 2. The summed E-state index contributed by atoms with van der Waals surface area (Å²) in [5.74, 6) is 1.82. The lowest BCUT2D eigenvalue weighted by molar-refractivity contribution is 0.174. The van der Waals surface area contributed by atoms with Gasteiger partial charge in [0.2, 0.25) is 12.6 Å². The summed E-state index contributed by atoms with van der Waals surface area (Å²) in [6, 6.07) is 13.5. The van der Waals surface area contributed by atoms with Crippen LogP contribution in [-0.2, 0) is 14.1 Å². The van der Waals surface area contributed by atoms with Gasteiger partial charge in [0, 0.05) is 36.4 Å². The SMILES string of the molecule is Cn1c(=O)c2c(nc3n(-c4ccc5c(c4)OCO5)c(-c4ccc(Br)cc4)cn23)n(C)c1=O. The highest BCUT2D eigenvalue weighted by Gasteiger charge is 2.23. The van der Waals surface area contributed by atoms with Crippen molar-refractivity contribution >= 4 is 32.9 Å². The second-order valence-electron chi connectivity index (χ2n) is 7.55.